The molecule has 2 aromatic rings. The smallest absolute Gasteiger partial charge is 0.321 e. The largest absolute Gasteiger partial charge is 0.476 e. The highest BCUT2D eigenvalue weighted by Crippen LogP contribution is 2.26. The number of benzene rings is 2. The molecule has 0 aromatic heterocycles. The highest BCUT2D eigenvalue weighted by Gasteiger charge is 2.24. The van der Waals surface area contributed by atoms with E-state index in [0.29, 0.717) is 12.1 Å². The number of halogens is 2. The number of carbonyl (C=O) groups is 2. The van der Waals surface area contributed by atoms with Gasteiger partial charge in [-0.25, -0.2) is 9.18 Å². The van der Waals surface area contributed by atoms with Gasteiger partial charge in [-0.15, -0.1) is 0 Å². The van der Waals surface area contributed by atoms with E-state index in [-0.39, 0.29) is 10.8 Å². The van der Waals surface area contributed by atoms with Crippen LogP contribution in [-0.4, -0.2) is 18.5 Å². The average molecular weight is 351 g/mol. The number of amides is 3. The molecule has 0 aliphatic carbocycles. The van der Waals surface area contributed by atoms with E-state index in [1.54, 1.807) is 37.3 Å². The number of imide groups is 1. The van der Waals surface area contributed by atoms with Crippen molar-refractivity contribution in [2.24, 2.45) is 0 Å². The van der Waals surface area contributed by atoms with Crippen molar-refractivity contribution in [3.8, 4) is 5.75 Å². The van der Waals surface area contributed by atoms with Crippen LogP contribution in [0, 0.1) is 5.82 Å². The van der Waals surface area contributed by atoms with Crippen LogP contribution in [0.1, 0.15) is 18.6 Å². The number of rotatable bonds is 5. The summed E-state index contributed by atoms with van der Waals surface area (Å²) < 4.78 is 18.9. The van der Waals surface area contributed by atoms with Crippen LogP contribution in [0.4, 0.5) is 9.18 Å². The minimum Gasteiger partial charge on any atom is -0.476 e. The molecule has 0 fully saturated rings. The second-order valence-electron chi connectivity index (χ2n) is 4.83. The van der Waals surface area contributed by atoms with Gasteiger partial charge in [0.25, 0.3) is 5.91 Å². The third-order valence-corrected chi connectivity index (χ3v) is 3.35. The van der Waals surface area contributed by atoms with Gasteiger partial charge in [0.1, 0.15) is 11.6 Å². The normalized spacial score (nSPS) is 11.5. The molecule has 0 saturated heterocycles. The number of nitrogens with one attached hydrogen (secondary N) is 2. The Morgan fingerprint density at radius 1 is 1.21 bits per heavy atom. The Balaban J connectivity index is 2.24. The Labute approximate surface area is 143 Å². The molecule has 126 valence electrons. The Bertz CT molecular complexity index is 725. The van der Waals surface area contributed by atoms with Crippen molar-refractivity contribution >= 4 is 23.5 Å². The van der Waals surface area contributed by atoms with Crippen LogP contribution < -0.4 is 15.4 Å². The van der Waals surface area contributed by atoms with Gasteiger partial charge in [0.05, 0.1) is 5.02 Å². The summed E-state index contributed by atoms with van der Waals surface area (Å²) >= 11 is 5.73. The molecule has 0 saturated carbocycles. The molecule has 2 aromatic carbocycles. The lowest BCUT2D eigenvalue weighted by atomic mass is 10.1. The molecule has 2 rings (SSSR count). The zero-order valence-electron chi connectivity index (χ0n) is 12.9. The highest BCUT2D eigenvalue weighted by atomic mass is 35.5. The number of hydrogen-bond donors (Lipinski definition) is 2. The highest BCUT2D eigenvalue weighted by molar-refractivity contribution is 6.30. The second-order valence-corrected chi connectivity index (χ2v) is 5.24. The lowest BCUT2D eigenvalue weighted by Gasteiger charge is -2.19. The van der Waals surface area contributed by atoms with Crippen molar-refractivity contribution in [3.05, 3.63) is 64.9 Å². The molecular formula is C17H16ClFN2O3. The predicted octanol–water partition coefficient (Wildman–Crippen LogP) is 3.44. The van der Waals surface area contributed by atoms with Crippen LogP contribution in [0.3, 0.4) is 0 Å². The summed E-state index contributed by atoms with van der Waals surface area (Å²) in [6, 6.07) is 11.8. The summed E-state index contributed by atoms with van der Waals surface area (Å²) in [5.74, 6) is -1.03. The Kier molecular flexibility index (Phi) is 6.14. The SMILES string of the molecule is CCNC(=O)NC(=O)[C@@H](Oc1ccc(F)c(Cl)c1)c1ccccc1. The summed E-state index contributed by atoms with van der Waals surface area (Å²) in [7, 11) is 0. The fourth-order valence-electron chi connectivity index (χ4n) is 1.97. The predicted molar refractivity (Wildman–Crippen MR) is 88.4 cm³/mol. The number of urea groups is 1. The van der Waals surface area contributed by atoms with Crippen molar-refractivity contribution in [1.82, 2.24) is 10.6 Å². The fraction of sp³-hybridized carbons (Fsp3) is 0.176. The van der Waals surface area contributed by atoms with Gasteiger partial charge in [-0.2, -0.15) is 0 Å². The maximum Gasteiger partial charge on any atom is 0.321 e. The third-order valence-electron chi connectivity index (χ3n) is 3.06. The Hall–Kier alpha value is -2.60. The molecule has 5 nitrogen and oxygen atoms in total. The lowest BCUT2D eigenvalue weighted by molar-refractivity contribution is -0.127. The van der Waals surface area contributed by atoms with Gasteiger partial charge in [-0.05, 0) is 19.1 Å². The van der Waals surface area contributed by atoms with Gasteiger partial charge in [0.2, 0.25) is 6.10 Å². The van der Waals surface area contributed by atoms with E-state index in [2.05, 4.69) is 10.6 Å². The van der Waals surface area contributed by atoms with E-state index in [4.69, 9.17) is 16.3 Å². The van der Waals surface area contributed by atoms with Crippen molar-refractivity contribution in [2.45, 2.75) is 13.0 Å². The zero-order chi connectivity index (χ0) is 17.5. The Morgan fingerprint density at radius 2 is 1.92 bits per heavy atom. The topological polar surface area (TPSA) is 67.4 Å². The minimum absolute atomic E-state index is 0.122. The molecule has 1 atom stereocenters. The summed E-state index contributed by atoms with van der Waals surface area (Å²) in [6.07, 6.45) is -1.09. The standard InChI is InChI=1S/C17H16ClFN2O3/c1-2-20-17(23)21-16(22)15(11-6-4-3-5-7-11)24-12-8-9-14(19)13(18)10-12/h3-10,15H,2H2,1H3,(H2,20,21,22,23)/t15-/m0/s1. The van der Waals surface area contributed by atoms with Gasteiger partial charge in [-0.3, -0.25) is 10.1 Å². The maximum absolute atomic E-state index is 13.3. The molecule has 0 heterocycles. The first kappa shape index (κ1) is 17.7. The van der Waals surface area contributed by atoms with Crippen LogP contribution in [0.15, 0.2) is 48.5 Å². The van der Waals surface area contributed by atoms with Gasteiger partial charge >= 0.3 is 6.03 Å². The molecule has 0 bridgehead atoms. The molecule has 0 aliphatic rings. The molecule has 3 amide bonds. The number of carbonyl (C=O) groups excluding carboxylic acids is 2. The van der Waals surface area contributed by atoms with Gasteiger partial charge in [0.15, 0.2) is 0 Å². The summed E-state index contributed by atoms with van der Waals surface area (Å²) in [5.41, 5.74) is 0.541. The minimum atomic E-state index is -1.09. The summed E-state index contributed by atoms with van der Waals surface area (Å²) in [6.45, 7) is 2.11. The van der Waals surface area contributed by atoms with E-state index < -0.39 is 23.9 Å². The van der Waals surface area contributed by atoms with Crippen molar-refractivity contribution in [3.63, 3.8) is 0 Å². The second kappa shape index (κ2) is 8.31. The van der Waals surface area contributed by atoms with Crippen LogP contribution in [0.2, 0.25) is 5.02 Å². The first-order chi connectivity index (χ1) is 11.5. The van der Waals surface area contributed by atoms with Gasteiger partial charge in [0, 0.05) is 18.2 Å². The first-order valence-electron chi connectivity index (χ1n) is 7.26. The molecular weight excluding hydrogens is 335 g/mol. The molecule has 2 N–H and O–H groups in total. The van der Waals surface area contributed by atoms with Crippen molar-refractivity contribution in [1.29, 1.82) is 0 Å². The Morgan fingerprint density at radius 3 is 2.54 bits per heavy atom. The van der Waals surface area contributed by atoms with Crippen molar-refractivity contribution in [2.75, 3.05) is 6.54 Å². The molecule has 7 heteroatoms. The van der Waals surface area contributed by atoms with Gasteiger partial charge in [-0.1, -0.05) is 41.9 Å². The van der Waals surface area contributed by atoms with Crippen LogP contribution in [0.25, 0.3) is 0 Å². The third kappa shape index (κ3) is 4.70. The molecule has 0 radical (unpaired) electrons. The molecule has 0 unspecified atom stereocenters. The average Bonchev–Trinajstić information content (AvgIpc) is 2.56. The monoisotopic (exact) mass is 350 g/mol. The molecule has 24 heavy (non-hydrogen) atoms. The van der Waals surface area contributed by atoms with E-state index >= 15 is 0 Å². The number of hydrogen-bond acceptors (Lipinski definition) is 3. The number of ether oxygens (including phenoxy) is 1. The lowest BCUT2D eigenvalue weighted by Crippen LogP contribution is -2.42. The van der Waals surface area contributed by atoms with Gasteiger partial charge < -0.3 is 10.1 Å². The van der Waals surface area contributed by atoms with Crippen molar-refractivity contribution < 1.29 is 18.7 Å². The first-order valence-corrected chi connectivity index (χ1v) is 7.64. The van der Waals surface area contributed by atoms with E-state index in [9.17, 15) is 14.0 Å². The summed E-state index contributed by atoms with van der Waals surface area (Å²) in [5, 5.41) is 4.55. The van der Waals surface area contributed by atoms with Crippen LogP contribution >= 0.6 is 11.6 Å². The van der Waals surface area contributed by atoms with Crippen LogP contribution in [-0.2, 0) is 4.79 Å². The zero-order valence-corrected chi connectivity index (χ0v) is 13.6. The van der Waals surface area contributed by atoms with E-state index in [0.717, 1.165) is 6.07 Å². The summed E-state index contributed by atoms with van der Waals surface area (Å²) in [4.78, 5) is 24.0. The maximum atomic E-state index is 13.3. The molecule has 0 aliphatic heterocycles. The van der Waals surface area contributed by atoms with Crippen LogP contribution in [0.5, 0.6) is 5.75 Å². The quantitative estimate of drug-likeness (QED) is 0.868. The van der Waals surface area contributed by atoms with E-state index in [1.165, 1.54) is 12.1 Å². The van der Waals surface area contributed by atoms with E-state index in [1.807, 2.05) is 0 Å². The molecule has 0 spiro atoms. The fourth-order valence-corrected chi connectivity index (χ4v) is 2.14.